The van der Waals surface area contributed by atoms with Gasteiger partial charge in [0.2, 0.25) is 5.91 Å². The number of hydrogen-bond donors (Lipinski definition) is 1. The lowest BCUT2D eigenvalue weighted by atomic mass is 9.96. The number of hydrogen-bond acceptors (Lipinski definition) is 2. The normalized spacial score (nSPS) is 23.3. The van der Waals surface area contributed by atoms with E-state index in [2.05, 4.69) is 35.7 Å². The quantitative estimate of drug-likeness (QED) is 0.905. The highest BCUT2D eigenvalue weighted by Crippen LogP contribution is 2.24. The molecule has 1 aromatic rings. The summed E-state index contributed by atoms with van der Waals surface area (Å²) < 4.78 is 0. The Kier molecular flexibility index (Phi) is 4.71. The van der Waals surface area contributed by atoms with Crippen molar-refractivity contribution in [2.45, 2.75) is 25.7 Å². The van der Waals surface area contributed by atoms with E-state index in [-0.39, 0.29) is 5.92 Å². The maximum Gasteiger partial charge on any atom is 0.226 e. The van der Waals surface area contributed by atoms with Crippen molar-refractivity contribution in [2.24, 2.45) is 5.92 Å². The van der Waals surface area contributed by atoms with Gasteiger partial charge in [-0.05, 0) is 49.9 Å². The van der Waals surface area contributed by atoms with Crippen molar-refractivity contribution in [1.82, 2.24) is 10.2 Å². The summed E-state index contributed by atoms with van der Waals surface area (Å²) in [4.78, 5) is 14.7. The van der Waals surface area contributed by atoms with E-state index < -0.39 is 0 Å². The Morgan fingerprint density at radius 1 is 1.14 bits per heavy atom. The predicted octanol–water partition coefficient (Wildman–Crippen LogP) is 2.69. The Labute approximate surface area is 127 Å². The van der Waals surface area contributed by atoms with Gasteiger partial charge in [-0.25, -0.2) is 0 Å². The van der Waals surface area contributed by atoms with Crippen LogP contribution in [0.25, 0.3) is 5.57 Å². The highest BCUT2D eigenvalue weighted by Gasteiger charge is 2.26. The molecule has 1 N–H and O–H groups in total. The van der Waals surface area contributed by atoms with Crippen LogP contribution in [0.15, 0.2) is 36.4 Å². The van der Waals surface area contributed by atoms with Crippen LogP contribution in [0.3, 0.4) is 0 Å². The van der Waals surface area contributed by atoms with Crippen LogP contribution < -0.4 is 5.32 Å². The van der Waals surface area contributed by atoms with Crippen LogP contribution in [0.1, 0.15) is 31.2 Å². The van der Waals surface area contributed by atoms with Crippen molar-refractivity contribution >= 4 is 11.5 Å². The van der Waals surface area contributed by atoms with E-state index in [1.165, 1.54) is 11.1 Å². The van der Waals surface area contributed by atoms with Gasteiger partial charge in [-0.2, -0.15) is 0 Å². The van der Waals surface area contributed by atoms with Crippen LogP contribution in [0.4, 0.5) is 0 Å². The molecule has 0 saturated carbocycles. The number of amides is 1. The molecule has 2 aliphatic rings. The molecule has 1 fully saturated rings. The van der Waals surface area contributed by atoms with Crippen LogP contribution >= 0.6 is 0 Å². The molecule has 1 atom stereocenters. The van der Waals surface area contributed by atoms with E-state index in [1.807, 2.05) is 11.0 Å². The van der Waals surface area contributed by atoms with E-state index >= 15 is 0 Å². The molecule has 0 aliphatic carbocycles. The number of carbonyl (C=O) groups is 1. The van der Waals surface area contributed by atoms with Crippen LogP contribution in [-0.4, -0.2) is 37.0 Å². The third-order valence-corrected chi connectivity index (χ3v) is 4.59. The van der Waals surface area contributed by atoms with Gasteiger partial charge >= 0.3 is 0 Å². The second kappa shape index (κ2) is 6.90. The summed E-state index contributed by atoms with van der Waals surface area (Å²) in [5, 5.41) is 3.38. The van der Waals surface area contributed by atoms with E-state index in [9.17, 15) is 4.79 Å². The molecule has 0 aromatic heterocycles. The molecule has 3 nitrogen and oxygen atoms in total. The summed E-state index contributed by atoms with van der Waals surface area (Å²) in [7, 11) is 0. The van der Waals surface area contributed by atoms with E-state index in [0.717, 1.165) is 51.9 Å². The van der Waals surface area contributed by atoms with Crippen LogP contribution in [0.2, 0.25) is 0 Å². The zero-order chi connectivity index (χ0) is 14.5. The second-order valence-corrected chi connectivity index (χ2v) is 6.01. The fourth-order valence-electron chi connectivity index (χ4n) is 3.31. The molecule has 0 radical (unpaired) electrons. The molecule has 0 spiro atoms. The van der Waals surface area contributed by atoms with E-state index in [1.54, 1.807) is 0 Å². The summed E-state index contributed by atoms with van der Waals surface area (Å²) in [6.45, 7) is 3.67. The topological polar surface area (TPSA) is 32.3 Å². The summed E-state index contributed by atoms with van der Waals surface area (Å²) >= 11 is 0. The Balaban J connectivity index is 1.62. The monoisotopic (exact) mass is 284 g/mol. The van der Waals surface area contributed by atoms with Gasteiger partial charge in [0.1, 0.15) is 0 Å². The van der Waals surface area contributed by atoms with Crippen molar-refractivity contribution in [2.75, 3.05) is 26.2 Å². The molecule has 112 valence electrons. The number of carbonyl (C=O) groups excluding carboxylic acids is 1. The summed E-state index contributed by atoms with van der Waals surface area (Å²) in [5.41, 5.74) is 2.67. The van der Waals surface area contributed by atoms with Gasteiger partial charge in [0.15, 0.2) is 0 Å². The number of nitrogens with one attached hydrogen (secondary N) is 1. The average molecular weight is 284 g/mol. The van der Waals surface area contributed by atoms with Gasteiger partial charge in [0, 0.05) is 19.0 Å². The van der Waals surface area contributed by atoms with Crippen LogP contribution in [0.5, 0.6) is 0 Å². The van der Waals surface area contributed by atoms with Crippen molar-refractivity contribution < 1.29 is 4.79 Å². The first-order valence-electron chi connectivity index (χ1n) is 8.08. The Hall–Kier alpha value is -1.61. The standard InChI is InChI=1S/C18H24N2O/c21-18(17-7-4-11-19-12-8-17)20-13-9-16(10-14-20)15-5-2-1-3-6-15/h1-3,5-6,9,17,19H,4,7-8,10-14H2/t17-/m0/s1. The Morgan fingerprint density at radius 2 is 2.00 bits per heavy atom. The Bertz CT molecular complexity index is 501. The lowest BCUT2D eigenvalue weighted by molar-refractivity contribution is -0.135. The Morgan fingerprint density at radius 3 is 2.76 bits per heavy atom. The molecule has 1 saturated heterocycles. The molecule has 1 aromatic carbocycles. The van der Waals surface area contributed by atoms with Gasteiger partial charge in [-0.3, -0.25) is 4.79 Å². The minimum Gasteiger partial charge on any atom is -0.338 e. The molecule has 3 rings (SSSR count). The van der Waals surface area contributed by atoms with Gasteiger partial charge in [-0.15, -0.1) is 0 Å². The summed E-state index contributed by atoms with van der Waals surface area (Å²) in [6, 6.07) is 10.5. The molecule has 2 heterocycles. The smallest absolute Gasteiger partial charge is 0.226 e. The van der Waals surface area contributed by atoms with Crippen molar-refractivity contribution in [3.63, 3.8) is 0 Å². The highest BCUT2D eigenvalue weighted by atomic mass is 16.2. The predicted molar refractivity (Wildman–Crippen MR) is 85.8 cm³/mol. The minimum atomic E-state index is 0.228. The first-order valence-corrected chi connectivity index (χ1v) is 8.08. The summed E-state index contributed by atoms with van der Waals surface area (Å²) in [6.07, 6.45) is 6.35. The van der Waals surface area contributed by atoms with Crippen molar-refractivity contribution in [3.8, 4) is 0 Å². The molecule has 1 amide bonds. The zero-order valence-electron chi connectivity index (χ0n) is 12.6. The number of benzene rings is 1. The molecular weight excluding hydrogens is 260 g/mol. The molecular formula is C18H24N2O. The third kappa shape index (κ3) is 3.53. The number of nitrogens with zero attached hydrogens (tertiary/aromatic N) is 1. The minimum absolute atomic E-state index is 0.228. The molecule has 3 heteroatoms. The second-order valence-electron chi connectivity index (χ2n) is 6.01. The number of rotatable bonds is 2. The van der Waals surface area contributed by atoms with E-state index in [4.69, 9.17) is 0 Å². The van der Waals surface area contributed by atoms with Gasteiger partial charge < -0.3 is 10.2 Å². The molecule has 0 unspecified atom stereocenters. The zero-order valence-corrected chi connectivity index (χ0v) is 12.6. The third-order valence-electron chi connectivity index (χ3n) is 4.59. The molecule has 0 bridgehead atoms. The highest BCUT2D eigenvalue weighted by molar-refractivity contribution is 5.80. The van der Waals surface area contributed by atoms with Crippen molar-refractivity contribution in [1.29, 1.82) is 0 Å². The fourth-order valence-corrected chi connectivity index (χ4v) is 3.31. The summed E-state index contributed by atoms with van der Waals surface area (Å²) in [5.74, 6) is 0.591. The molecule has 21 heavy (non-hydrogen) atoms. The maximum atomic E-state index is 12.6. The maximum absolute atomic E-state index is 12.6. The van der Waals surface area contributed by atoms with Crippen LogP contribution in [0, 0.1) is 5.92 Å². The average Bonchev–Trinajstić information content (AvgIpc) is 2.84. The van der Waals surface area contributed by atoms with E-state index in [0.29, 0.717) is 5.91 Å². The fraction of sp³-hybridized carbons (Fsp3) is 0.500. The van der Waals surface area contributed by atoms with Gasteiger partial charge in [0.25, 0.3) is 0 Å². The van der Waals surface area contributed by atoms with Crippen LogP contribution in [-0.2, 0) is 4.79 Å². The lowest BCUT2D eigenvalue weighted by Crippen LogP contribution is -2.39. The van der Waals surface area contributed by atoms with Gasteiger partial charge in [-0.1, -0.05) is 36.4 Å². The largest absolute Gasteiger partial charge is 0.338 e. The first-order chi connectivity index (χ1) is 10.3. The SMILES string of the molecule is O=C([C@H]1CCCNCC1)N1CC=C(c2ccccc2)CC1. The van der Waals surface area contributed by atoms with Crippen molar-refractivity contribution in [3.05, 3.63) is 42.0 Å². The van der Waals surface area contributed by atoms with Gasteiger partial charge in [0.05, 0.1) is 0 Å². The first kappa shape index (κ1) is 14.3. The lowest BCUT2D eigenvalue weighted by Gasteiger charge is -2.30. The molecule has 2 aliphatic heterocycles.